The minimum Gasteiger partial charge on any atom is -0.392 e. The molecule has 2 saturated heterocycles. The zero-order valence-corrected chi connectivity index (χ0v) is 12.8. The molecule has 2 heterocycles. The second-order valence-electron chi connectivity index (χ2n) is 5.78. The average Bonchev–Trinajstić information content (AvgIpc) is 2.41. The van der Waals surface area contributed by atoms with Crippen LogP contribution in [0.15, 0.2) is 0 Å². The van der Waals surface area contributed by atoms with Gasteiger partial charge in [-0.15, -0.1) is 0 Å². The smallest absolute Gasteiger partial charge is 0.222 e. The Morgan fingerprint density at radius 2 is 2.05 bits per heavy atom. The van der Waals surface area contributed by atoms with Gasteiger partial charge in [-0.25, -0.2) is 0 Å². The van der Waals surface area contributed by atoms with E-state index < -0.39 is 0 Å². The molecule has 0 aliphatic carbocycles. The van der Waals surface area contributed by atoms with Crippen LogP contribution in [-0.4, -0.2) is 54.2 Å². The van der Waals surface area contributed by atoms with Crippen molar-refractivity contribution in [3.63, 3.8) is 0 Å². The molecule has 1 atom stereocenters. The molecule has 0 aromatic heterocycles. The Balaban J connectivity index is 1.64. The third-order valence-corrected chi connectivity index (χ3v) is 4.15. The zero-order valence-electron chi connectivity index (χ0n) is 12.0. The molecule has 2 aliphatic heterocycles. The van der Waals surface area contributed by atoms with Crippen molar-refractivity contribution in [3.05, 3.63) is 0 Å². The van der Waals surface area contributed by atoms with Crippen molar-refractivity contribution >= 4 is 23.1 Å². The Labute approximate surface area is 126 Å². The van der Waals surface area contributed by atoms with Crippen LogP contribution in [0, 0.1) is 0 Å². The molecule has 2 aliphatic rings. The fourth-order valence-corrected chi connectivity index (χ4v) is 3.10. The van der Waals surface area contributed by atoms with Crippen LogP contribution in [0.5, 0.6) is 0 Å². The van der Waals surface area contributed by atoms with Gasteiger partial charge in [-0.1, -0.05) is 12.2 Å². The summed E-state index contributed by atoms with van der Waals surface area (Å²) in [5.41, 5.74) is 5.55. The molecule has 1 unspecified atom stereocenters. The largest absolute Gasteiger partial charge is 0.392 e. The summed E-state index contributed by atoms with van der Waals surface area (Å²) in [5, 5.41) is 3.13. The second-order valence-corrected chi connectivity index (χ2v) is 6.30. The molecule has 114 valence electrons. The lowest BCUT2D eigenvalue weighted by Crippen LogP contribution is -2.47. The van der Waals surface area contributed by atoms with Crippen LogP contribution in [0.3, 0.4) is 0 Å². The van der Waals surface area contributed by atoms with Gasteiger partial charge in [0.15, 0.2) is 0 Å². The fraction of sp³-hybridized carbons (Fsp3) is 0.857. The first kappa shape index (κ1) is 15.7. The standard InChI is InChI=1S/C14H25N3O2S/c15-13(20)10-17-6-4-11(5-7-17)16-14(18)9-12-3-1-2-8-19-12/h11-12H,1-10H2,(H2,15,20)(H,16,18). The van der Waals surface area contributed by atoms with Crippen molar-refractivity contribution < 1.29 is 9.53 Å². The Kier molecular flexibility index (Phi) is 6.19. The quantitative estimate of drug-likeness (QED) is 0.736. The molecule has 0 radical (unpaired) electrons. The first-order chi connectivity index (χ1) is 9.63. The fourth-order valence-electron chi connectivity index (χ4n) is 2.92. The highest BCUT2D eigenvalue weighted by Gasteiger charge is 2.23. The molecule has 0 spiro atoms. The van der Waals surface area contributed by atoms with Crippen LogP contribution in [0.4, 0.5) is 0 Å². The Morgan fingerprint density at radius 1 is 1.30 bits per heavy atom. The van der Waals surface area contributed by atoms with E-state index in [-0.39, 0.29) is 18.1 Å². The molecule has 3 N–H and O–H groups in total. The normalized spacial score (nSPS) is 25.3. The number of rotatable bonds is 5. The molecule has 6 heteroatoms. The van der Waals surface area contributed by atoms with E-state index in [0.717, 1.165) is 45.4 Å². The van der Waals surface area contributed by atoms with Crippen molar-refractivity contribution in [1.29, 1.82) is 0 Å². The van der Waals surface area contributed by atoms with E-state index in [1.54, 1.807) is 0 Å². The summed E-state index contributed by atoms with van der Waals surface area (Å²) in [7, 11) is 0. The summed E-state index contributed by atoms with van der Waals surface area (Å²) >= 11 is 4.92. The van der Waals surface area contributed by atoms with E-state index in [1.165, 1.54) is 6.42 Å². The van der Waals surface area contributed by atoms with Gasteiger partial charge in [0, 0.05) is 32.3 Å². The number of hydrogen-bond donors (Lipinski definition) is 2. The van der Waals surface area contributed by atoms with Crippen molar-refractivity contribution in [2.45, 2.75) is 50.7 Å². The van der Waals surface area contributed by atoms with Crippen molar-refractivity contribution in [1.82, 2.24) is 10.2 Å². The van der Waals surface area contributed by atoms with Crippen molar-refractivity contribution in [2.24, 2.45) is 5.73 Å². The third-order valence-electron chi connectivity index (χ3n) is 4.02. The van der Waals surface area contributed by atoms with Crippen LogP contribution in [-0.2, 0) is 9.53 Å². The highest BCUT2D eigenvalue weighted by molar-refractivity contribution is 7.80. The number of ether oxygens (including phenoxy) is 1. The van der Waals surface area contributed by atoms with Gasteiger partial charge < -0.3 is 15.8 Å². The molecule has 0 saturated carbocycles. The average molecular weight is 299 g/mol. The third kappa shape index (κ3) is 5.34. The van der Waals surface area contributed by atoms with E-state index in [1.807, 2.05) is 0 Å². The van der Waals surface area contributed by atoms with Crippen LogP contribution in [0.25, 0.3) is 0 Å². The Bertz CT molecular complexity index is 337. The summed E-state index contributed by atoms with van der Waals surface area (Å²) in [6.07, 6.45) is 5.89. The van der Waals surface area contributed by atoms with Gasteiger partial charge in [0.2, 0.25) is 5.91 Å². The van der Waals surface area contributed by atoms with Gasteiger partial charge in [0.1, 0.15) is 0 Å². The summed E-state index contributed by atoms with van der Waals surface area (Å²) < 4.78 is 5.60. The molecule has 2 fully saturated rings. The number of nitrogens with one attached hydrogen (secondary N) is 1. The summed E-state index contributed by atoms with van der Waals surface area (Å²) in [5.74, 6) is 0.129. The number of nitrogens with zero attached hydrogens (tertiary/aromatic N) is 1. The summed E-state index contributed by atoms with van der Waals surface area (Å²) in [6, 6.07) is 0.286. The monoisotopic (exact) mass is 299 g/mol. The Morgan fingerprint density at radius 3 is 2.65 bits per heavy atom. The van der Waals surface area contributed by atoms with E-state index in [2.05, 4.69) is 10.2 Å². The van der Waals surface area contributed by atoms with Gasteiger partial charge in [-0.3, -0.25) is 9.69 Å². The van der Waals surface area contributed by atoms with Gasteiger partial charge >= 0.3 is 0 Å². The maximum absolute atomic E-state index is 12.0. The van der Waals surface area contributed by atoms with Crippen molar-refractivity contribution in [3.8, 4) is 0 Å². The van der Waals surface area contributed by atoms with Crippen LogP contribution >= 0.6 is 12.2 Å². The van der Waals surface area contributed by atoms with E-state index >= 15 is 0 Å². The van der Waals surface area contributed by atoms with Crippen LogP contribution < -0.4 is 11.1 Å². The van der Waals surface area contributed by atoms with Crippen molar-refractivity contribution in [2.75, 3.05) is 26.2 Å². The number of nitrogens with two attached hydrogens (primary N) is 1. The summed E-state index contributed by atoms with van der Waals surface area (Å²) in [6.45, 7) is 3.38. The predicted molar refractivity (Wildman–Crippen MR) is 82.6 cm³/mol. The second kappa shape index (κ2) is 7.90. The van der Waals surface area contributed by atoms with Crippen LogP contribution in [0.2, 0.25) is 0 Å². The molecular formula is C14H25N3O2S. The highest BCUT2D eigenvalue weighted by Crippen LogP contribution is 2.16. The van der Waals surface area contributed by atoms with Gasteiger partial charge in [0.05, 0.1) is 17.5 Å². The first-order valence-electron chi connectivity index (χ1n) is 7.55. The number of carbonyl (C=O) groups is 1. The lowest BCUT2D eigenvalue weighted by atomic mass is 10.0. The number of amides is 1. The van der Waals surface area contributed by atoms with Crippen LogP contribution in [0.1, 0.15) is 38.5 Å². The number of piperidine rings is 1. The molecule has 20 heavy (non-hydrogen) atoms. The number of thiocarbonyl (C=S) groups is 1. The minimum absolute atomic E-state index is 0.124. The molecule has 5 nitrogen and oxygen atoms in total. The molecular weight excluding hydrogens is 274 g/mol. The Hall–Kier alpha value is -0.720. The lowest BCUT2D eigenvalue weighted by molar-refractivity contribution is -0.125. The SMILES string of the molecule is NC(=S)CN1CCC(NC(=O)CC2CCCCO2)CC1. The predicted octanol–water partition coefficient (Wildman–Crippen LogP) is 0.812. The zero-order chi connectivity index (χ0) is 14.4. The van der Waals surface area contributed by atoms with Gasteiger partial charge in [0.25, 0.3) is 0 Å². The minimum atomic E-state index is 0.124. The molecule has 0 aromatic rings. The highest BCUT2D eigenvalue weighted by atomic mass is 32.1. The van der Waals surface area contributed by atoms with Gasteiger partial charge in [-0.2, -0.15) is 0 Å². The lowest BCUT2D eigenvalue weighted by Gasteiger charge is -2.32. The molecule has 0 bridgehead atoms. The van der Waals surface area contributed by atoms with E-state index in [0.29, 0.717) is 18.0 Å². The first-order valence-corrected chi connectivity index (χ1v) is 7.96. The topological polar surface area (TPSA) is 67.6 Å². The maximum Gasteiger partial charge on any atom is 0.222 e. The number of likely N-dealkylation sites (tertiary alicyclic amines) is 1. The van der Waals surface area contributed by atoms with E-state index in [9.17, 15) is 4.79 Å². The summed E-state index contributed by atoms with van der Waals surface area (Å²) in [4.78, 5) is 14.8. The molecule has 0 aromatic carbocycles. The maximum atomic E-state index is 12.0. The molecule has 2 rings (SSSR count). The number of hydrogen-bond acceptors (Lipinski definition) is 4. The van der Waals surface area contributed by atoms with E-state index in [4.69, 9.17) is 22.7 Å². The number of carbonyl (C=O) groups excluding carboxylic acids is 1. The molecule has 1 amide bonds. The van der Waals surface area contributed by atoms with Gasteiger partial charge in [-0.05, 0) is 32.1 Å².